The highest BCUT2D eigenvalue weighted by molar-refractivity contribution is 7.13. The van der Waals surface area contributed by atoms with Gasteiger partial charge in [-0.25, -0.2) is 4.98 Å². The van der Waals surface area contributed by atoms with E-state index in [1.54, 1.807) is 35.8 Å². The summed E-state index contributed by atoms with van der Waals surface area (Å²) in [4.78, 5) is 15.9. The molecular formula is C11H9N5OS. The molecule has 0 aliphatic heterocycles. The topological polar surface area (TPSA) is 93.1 Å². The van der Waals surface area contributed by atoms with Crippen molar-refractivity contribution in [3.63, 3.8) is 0 Å². The van der Waals surface area contributed by atoms with Gasteiger partial charge in [-0.05, 0) is 0 Å². The number of hydrogen-bond acceptors (Lipinski definition) is 6. The summed E-state index contributed by atoms with van der Waals surface area (Å²) >= 11 is 1.30. The van der Waals surface area contributed by atoms with Crippen molar-refractivity contribution < 1.29 is 4.79 Å². The zero-order valence-electron chi connectivity index (χ0n) is 9.22. The van der Waals surface area contributed by atoms with Crippen LogP contribution in [0.5, 0.6) is 0 Å². The fourth-order valence-corrected chi connectivity index (χ4v) is 1.66. The van der Waals surface area contributed by atoms with Gasteiger partial charge >= 0.3 is 0 Å². The highest BCUT2D eigenvalue weighted by atomic mass is 32.1. The number of ketones is 1. The lowest BCUT2D eigenvalue weighted by Gasteiger charge is -1.97. The minimum absolute atomic E-state index is 0.156. The van der Waals surface area contributed by atoms with Gasteiger partial charge in [0, 0.05) is 17.1 Å². The summed E-state index contributed by atoms with van der Waals surface area (Å²) in [6, 6.07) is 8.63. The van der Waals surface area contributed by atoms with E-state index < -0.39 is 0 Å². The molecule has 0 fully saturated rings. The Bertz CT molecular complexity index is 577. The third-order valence-electron chi connectivity index (χ3n) is 2.01. The molecule has 18 heavy (non-hydrogen) atoms. The first-order valence-corrected chi connectivity index (χ1v) is 5.88. The summed E-state index contributed by atoms with van der Waals surface area (Å²) < 4.78 is 0. The van der Waals surface area contributed by atoms with E-state index in [0.717, 1.165) is 0 Å². The maximum absolute atomic E-state index is 12.0. The van der Waals surface area contributed by atoms with Crippen LogP contribution in [0.1, 0.15) is 10.4 Å². The van der Waals surface area contributed by atoms with Gasteiger partial charge < -0.3 is 5.84 Å². The Morgan fingerprint density at radius 2 is 2.06 bits per heavy atom. The standard InChI is InChI=1S/C11H9N5OS/c12-14-10(15-16-11-13-6-7-18-11)9(17)8-4-2-1-3-5-8/h1-7H,12H2. The number of benzene rings is 1. The lowest BCUT2D eigenvalue weighted by Crippen LogP contribution is -2.13. The average molecular weight is 259 g/mol. The molecule has 0 radical (unpaired) electrons. The lowest BCUT2D eigenvalue weighted by molar-refractivity contribution is 0.106. The van der Waals surface area contributed by atoms with Gasteiger partial charge in [0.15, 0.2) is 0 Å². The number of aromatic nitrogens is 1. The van der Waals surface area contributed by atoms with Crippen LogP contribution in [0.2, 0.25) is 0 Å². The van der Waals surface area contributed by atoms with E-state index in [4.69, 9.17) is 5.84 Å². The highest BCUT2D eigenvalue weighted by Crippen LogP contribution is 2.15. The van der Waals surface area contributed by atoms with Crippen LogP contribution in [0.4, 0.5) is 5.13 Å². The number of azo groups is 1. The summed E-state index contributed by atoms with van der Waals surface area (Å²) in [5.41, 5.74) is 0.458. The summed E-state index contributed by atoms with van der Waals surface area (Å²) in [6.07, 6.45) is 1.59. The fourth-order valence-electron chi connectivity index (χ4n) is 1.20. The quantitative estimate of drug-likeness (QED) is 0.229. The monoisotopic (exact) mass is 259 g/mol. The Morgan fingerprint density at radius 1 is 1.28 bits per heavy atom. The summed E-state index contributed by atoms with van der Waals surface area (Å²) in [5, 5.41) is 13.0. The Morgan fingerprint density at radius 3 is 2.67 bits per heavy atom. The van der Waals surface area contributed by atoms with E-state index in [9.17, 15) is 4.79 Å². The number of rotatable bonds is 3. The largest absolute Gasteiger partial charge is 0.321 e. The van der Waals surface area contributed by atoms with Crippen LogP contribution in [0.25, 0.3) is 0 Å². The normalized spacial score (nSPS) is 11.9. The van der Waals surface area contributed by atoms with Crippen LogP contribution in [-0.2, 0) is 0 Å². The number of nitrogens with zero attached hydrogens (tertiary/aromatic N) is 4. The zero-order chi connectivity index (χ0) is 12.8. The van der Waals surface area contributed by atoms with Crippen LogP contribution < -0.4 is 5.84 Å². The third-order valence-corrected chi connectivity index (χ3v) is 2.67. The molecule has 1 aromatic heterocycles. The first-order valence-electron chi connectivity index (χ1n) is 5.00. The van der Waals surface area contributed by atoms with Crippen molar-refractivity contribution in [2.45, 2.75) is 0 Å². The average Bonchev–Trinajstić information content (AvgIpc) is 2.93. The van der Waals surface area contributed by atoms with Crippen LogP contribution >= 0.6 is 11.3 Å². The predicted molar refractivity (Wildman–Crippen MR) is 69.0 cm³/mol. The van der Waals surface area contributed by atoms with Gasteiger partial charge in [-0.3, -0.25) is 4.79 Å². The Hall–Kier alpha value is -2.41. The third kappa shape index (κ3) is 2.83. The number of carbonyl (C=O) groups excluding carboxylic acids is 1. The predicted octanol–water partition coefficient (Wildman–Crippen LogP) is 2.38. The maximum Gasteiger partial charge on any atom is 0.241 e. The molecule has 7 heteroatoms. The number of hydrogen-bond donors (Lipinski definition) is 1. The van der Waals surface area contributed by atoms with E-state index >= 15 is 0 Å². The van der Waals surface area contributed by atoms with Gasteiger partial charge in [0.2, 0.25) is 16.8 Å². The van der Waals surface area contributed by atoms with Gasteiger partial charge in [0.05, 0.1) is 0 Å². The highest BCUT2D eigenvalue weighted by Gasteiger charge is 2.13. The number of hydrazone groups is 1. The molecule has 1 aromatic carbocycles. The summed E-state index contributed by atoms with van der Waals surface area (Å²) in [6.45, 7) is 0. The van der Waals surface area contributed by atoms with Crippen molar-refractivity contribution in [1.82, 2.24) is 4.98 Å². The number of Topliss-reactive ketones (excluding diaryl/α,β-unsaturated/α-hetero) is 1. The minimum atomic E-state index is -0.376. The Kier molecular flexibility index (Phi) is 3.87. The summed E-state index contributed by atoms with van der Waals surface area (Å²) in [5.74, 6) is 4.61. The Balaban J connectivity index is 2.18. The van der Waals surface area contributed by atoms with E-state index in [1.165, 1.54) is 11.3 Å². The van der Waals surface area contributed by atoms with Crippen LogP contribution in [0.3, 0.4) is 0 Å². The number of carbonyl (C=O) groups is 1. The lowest BCUT2D eigenvalue weighted by atomic mass is 10.1. The van der Waals surface area contributed by atoms with Crippen molar-refractivity contribution in [2.24, 2.45) is 21.2 Å². The molecule has 0 saturated carbocycles. The number of thiazole rings is 1. The van der Waals surface area contributed by atoms with Crippen LogP contribution in [0.15, 0.2) is 57.2 Å². The van der Waals surface area contributed by atoms with Crippen molar-refractivity contribution in [3.8, 4) is 0 Å². The molecule has 0 aliphatic carbocycles. The van der Waals surface area contributed by atoms with Gasteiger partial charge in [-0.15, -0.1) is 21.6 Å². The molecule has 0 atom stereocenters. The molecule has 2 rings (SSSR count). The van der Waals surface area contributed by atoms with Gasteiger partial charge in [0.1, 0.15) is 0 Å². The van der Waals surface area contributed by atoms with Gasteiger partial charge in [0.25, 0.3) is 0 Å². The van der Waals surface area contributed by atoms with Crippen molar-refractivity contribution in [1.29, 1.82) is 0 Å². The molecule has 90 valence electrons. The van der Waals surface area contributed by atoms with Crippen molar-refractivity contribution in [3.05, 3.63) is 47.5 Å². The molecule has 1 heterocycles. The molecule has 0 spiro atoms. The van der Waals surface area contributed by atoms with Crippen molar-refractivity contribution >= 4 is 28.1 Å². The molecule has 6 nitrogen and oxygen atoms in total. The van der Waals surface area contributed by atoms with Gasteiger partial charge in [-0.2, -0.15) is 5.10 Å². The van der Waals surface area contributed by atoms with Crippen LogP contribution in [0, 0.1) is 0 Å². The smallest absolute Gasteiger partial charge is 0.241 e. The minimum Gasteiger partial charge on any atom is -0.321 e. The molecule has 0 bridgehead atoms. The first-order chi connectivity index (χ1) is 8.81. The summed E-state index contributed by atoms with van der Waals surface area (Å²) in [7, 11) is 0. The molecule has 0 aliphatic rings. The molecule has 2 aromatic rings. The Labute approximate surface area is 107 Å². The van der Waals surface area contributed by atoms with Crippen molar-refractivity contribution in [2.75, 3.05) is 0 Å². The van der Waals surface area contributed by atoms with Crippen LogP contribution in [-0.4, -0.2) is 16.6 Å². The number of nitrogens with two attached hydrogens (primary N) is 1. The fraction of sp³-hybridized carbons (Fsp3) is 0. The number of amidine groups is 1. The van der Waals surface area contributed by atoms with E-state index in [1.807, 2.05) is 6.07 Å². The SMILES string of the molecule is NN=C(N=Nc1nccs1)C(=O)c1ccccc1. The molecule has 0 amide bonds. The van der Waals surface area contributed by atoms with E-state index in [2.05, 4.69) is 20.3 Å². The molecule has 0 saturated heterocycles. The second-order valence-electron chi connectivity index (χ2n) is 3.16. The van der Waals surface area contributed by atoms with Gasteiger partial charge in [-0.1, -0.05) is 30.3 Å². The maximum atomic E-state index is 12.0. The molecule has 0 unspecified atom stereocenters. The van der Waals surface area contributed by atoms with E-state index in [-0.39, 0.29) is 11.6 Å². The zero-order valence-corrected chi connectivity index (χ0v) is 10.0. The molecule has 2 N–H and O–H groups in total. The second kappa shape index (κ2) is 5.78. The molecular weight excluding hydrogens is 250 g/mol. The first kappa shape index (κ1) is 12.1. The second-order valence-corrected chi connectivity index (χ2v) is 4.04. The van der Waals surface area contributed by atoms with E-state index in [0.29, 0.717) is 10.7 Å².